The third-order valence-corrected chi connectivity index (χ3v) is 8.07. The molecule has 0 saturated carbocycles. The van der Waals surface area contributed by atoms with Crippen LogP contribution in [0.3, 0.4) is 0 Å². The van der Waals surface area contributed by atoms with Crippen LogP contribution in [0.1, 0.15) is 28.2 Å². The van der Waals surface area contributed by atoms with E-state index in [1.807, 2.05) is 68.4 Å². The van der Waals surface area contributed by atoms with Crippen LogP contribution in [0.5, 0.6) is 0 Å². The van der Waals surface area contributed by atoms with Crippen LogP contribution in [0, 0.1) is 13.8 Å². The van der Waals surface area contributed by atoms with E-state index in [1.165, 1.54) is 4.31 Å². The smallest absolute Gasteiger partial charge is 0.243 e. The van der Waals surface area contributed by atoms with Crippen molar-refractivity contribution in [1.82, 2.24) is 4.31 Å². The van der Waals surface area contributed by atoms with E-state index in [-0.39, 0.29) is 24.0 Å². The van der Waals surface area contributed by atoms with Crippen LogP contribution in [-0.4, -0.2) is 43.1 Å². The molecular formula is C26H29NO4S. The molecule has 0 aliphatic carbocycles. The van der Waals surface area contributed by atoms with E-state index in [1.54, 1.807) is 24.3 Å². The molecule has 1 heterocycles. The van der Waals surface area contributed by atoms with Gasteiger partial charge in [-0.3, -0.25) is 0 Å². The van der Waals surface area contributed by atoms with Crippen molar-refractivity contribution in [2.24, 2.45) is 0 Å². The van der Waals surface area contributed by atoms with E-state index in [0.29, 0.717) is 6.61 Å². The summed E-state index contributed by atoms with van der Waals surface area (Å²) in [7, 11) is -3.79. The van der Waals surface area contributed by atoms with Crippen LogP contribution >= 0.6 is 0 Å². The summed E-state index contributed by atoms with van der Waals surface area (Å²) in [6.07, 6.45) is -0.868. The number of aryl methyl sites for hydroxylation is 2. The van der Waals surface area contributed by atoms with Crippen molar-refractivity contribution in [2.45, 2.75) is 43.4 Å². The molecule has 168 valence electrons. The van der Waals surface area contributed by atoms with E-state index in [9.17, 15) is 13.5 Å². The first kappa shape index (κ1) is 22.7. The Balaban J connectivity index is 1.62. The fourth-order valence-corrected chi connectivity index (χ4v) is 5.99. The van der Waals surface area contributed by atoms with Gasteiger partial charge < -0.3 is 9.84 Å². The van der Waals surface area contributed by atoms with Gasteiger partial charge in [0.2, 0.25) is 10.0 Å². The largest absolute Gasteiger partial charge is 0.391 e. The molecule has 1 saturated heterocycles. The number of sulfonamides is 1. The van der Waals surface area contributed by atoms with E-state index in [4.69, 9.17) is 4.74 Å². The highest BCUT2D eigenvalue weighted by atomic mass is 32.2. The second-order valence-electron chi connectivity index (χ2n) is 8.41. The summed E-state index contributed by atoms with van der Waals surface area (Å²) in [5, 5.41) is 11.3. The Morgan fingerprint density at radius 2 is 1.59 bits per heavy atom. The molecule has 1 fully saturated rings. The topological polar surface area (TPSA) is 66.8 Å². The lowest BCUT2D eigenvalue weighted by Crippen LogP contribution is -2.42. The number of benzene rings is 3. The van der Waals surface area contributed by atoms with Crippen molar-refractivity contribution in [3.8, 4) is 0 Å². The maximum Gasteiger partial charge on any atom is 0.243 e. The van der Waals surface area contributed by atoms with Gasteiger partial charge in [0.25, 0.3) is 0 Å². The molecule has 6 heteroatoms. The fourth-order valence-electron chi connectivity index (χ4n) is 4.34. The van der Waals surface area contributed by atoms with Gasteiger partial charge in [-0.15, -0.1) is 0 Å². The lowest BCUT2D eigenvalue weighted by atomic mass is 9.90. The number of nitrogens with zero attached hydrogens (tertiary/aromatic N) is 1. The number of aliphatic hydroxyl groups is 1. The standard InChI is InChI=1S/C26H29NO4S/c1-19-12-14-22(15-13-19)32(29,30)27-16-24(23-11-7-6-8-20(23)2)26(28)25(27)18-31-17-21-9-4-3-5-10-21/h3-15,24-26,28H,16-18H2,1-2H3/t24-,25-,26+/m1/s1. The molecule has 1 N–H and O–H groups in total. The minimum Gasteiger partial charge on any atom is -0.391 e. The molecule has 4 rings (SSSR count). The third kappa shape index (κ3) is 4.64. The Morgan fingerprint density at radius 3 is 2.28 bits per heavy atom. The van der Waals surface area contributed by atoms with Crippen LogP contribution in [0.4, 0.5) is 0 Å². The fraction of sp³-hybridized carbons (Fsp3) is 0.308. The zero-order valence-electron chi connectivity index (χ0n) is 18.4. The predicted molar refractivity (Wildman–Crippen MR) is 125 cm³/mol. The molecule has 32 heavy (non-hydrogen) atoms. The highest BCUT2D eigenvalue weighted by Gasteiger charge is 2.47. The van der Waals surface area contributed by atoms with Crippen molar-refractivity contribution >= 4 is 10.0 Å². The van der Waals surface area contributed by atoms with Crippen LogP contribution in [0.2, 0.25) is 0 Å². The van der Waals surface area contributed by atoms with E-state index in [2.05, 4.69) is 0 Å². The quantitative estimate of drug-likeness (QED) is 0.589. The molecule has 5 nitrogen and oxygen atoms in total. The summed E-state index contributed by atoms with van der Waals surface area (Å²) in [4.78, 5) is 0.230. The van der Waals surface area contributed by atoms with Gasteiger partial charge in [0.15, 0.2) is 0 Å². The molecule has 0 bridgehead atoms. The molecular weight excluding hydrogens is 422 g/mol. The third-order valence-electron chi connectivity index (χ3n) is 6.17. The Morgan fingerprint density at radius 1 is 0.938 bits per heavy atom. The number of ether oxygens (including phenoxy) is 1. The predicted octanol–water partition coefficient (Wildman–Crippen LogP) is 4.04. The van der Waals surface area contributed by atoms with Crippen molar-refractivity contribution in [3.05, 3.63) is 101 Å². The molecule has 3 aromatic rings. The maximum atomic E-state index is 13.6. The Kier molecular flexibility index (Phi) is 6.76. The molecule has 0 spiro atoms. The number of aliphatic hydroxyl groups excluding tert-OH is 1. The molecule has 0 amide bonds. The average molecular weight is 452 g/mol. The minimum atomic E-state index is -3.79. The van der Waals surface area contributed by atoms with Gasteiger partial charge in [-0.1, -0.05) is 72.3 Å². The lowest BCUT2D eigenvalue weighted by molar-refractivity contribution is 0.0393. The monoisotopic (exact) mass is 451 g/mol. The zero-order valence-corrected chi connectivity index (χ0v) is 19.2. The van der Waals surface area contributed by atoms with E-state index >= 15 is 0 Å². The first-order chi connectivity index (χ1) is 15.4. The summed E-state index contributed by atoms with van der Waals surface area (Å²) in [6, 6.07) is 23.7. The molecule has 0 radical (unpaired) electrons. The van der Waals surface area contributed by atoms with Gasteiger partial charge in [-0.25, -0.2) is 8.42 Å². The van der Waals surface area contributed by atoms with Crippen LogP contribution in [0.25, 0.3) is 0 Å². The second-order valence-corrected chi connectivity index (χ2v) is 10.3. The molecule has 1 aliphatic rings. The van der Waals surface area contributed by atoms with Gasteiger partial charge in [0.1, 0.15) is 0 Å². The second kappa shape index (κ2) is 9.55. The number of hydrogen-bond donors (Lipinski definition) is 1. The Labute approximate surface area is 190 Å². The summed E-state index contributed by atoms with van der Waals surface area (Å²) in [5.41, 5.74) is 4.00. The Bertz CT molecular complexity index is 1150. The van der Waals surface area contributed by atoms with Crippen molar-refractivity contribution < 1.29 is 18.3 Å². The summed E-state index contributed by atoms with van der Waals surface area (Å²) < 4.78 is 34.4. The van der Waals surface area contributed by atoms with Gasteiger partial charge in [0, 0.05) is 12.5 Å². The van der Waals surface area contributed by atoms with Gasteiger partial charge >= 0.3 is 0 Å². The first-order valence-electron chi connectivity index (χ1n) is 10.8. The van der Waals surface area contributed by atoms with E-state index in [0.717, 1.165) is 22.3 Å². The molecule has 3 aromatic carbocycles. The van der Waals surface area contributed by atoms with Crippen molar-refractivity contribution in [2.75, 3.05) is 13.2 Å². The normalized spacial score (nSPS) is 21.7. The lowest BCUT2D eigenvalue weighted by Gasteiger charge is -2.25. The van der Waals surface area contributed by atoms with Gasteiger partial charge in [-0.2, -0.15) is 4.31 Å². The first-order valence-corrected chi connectivity index (χ1v) is 12.3. The van der Waals surface area contributed by atoms with Gasteiger partial charge in [0.05, 0.1) is 30.3 Å². The SMILES string of the molecule is Cc1ccc(S(=O)(=O)N2C[C@H](c3ccccc3C)[C@H](O)[C@H]2COCc2ccccc2)cc1. The molecule has 0 aromatic heterocycles. The van der Waals surface area contributed by atoms with Crippen molar-refractivity contribution in [3.63, 3.8) is 0 Å². The summed E-state index contributed by atoms with van der Waals surface area (Å²) >= 11 is 0. The zero-order chi connectivity index (χ0) is 22.7. The Hall–Kier alpha value is -2.51. The molecule has 3 atom stereocenters. The van der Waals surface area contributed by atoms with Crippen LogP contribution in [0.15, 0.2) is 83.8 Å². The van der Waals surface area contributed by atoms with Crippen LogP contribution in [-0.2, 0) is 21.4 Å². The number of hydrogen-bond acceptors (Lipinski definition) is 4. The highest BCUT2D eigenvalue weighted by Crippen LogP contribution is 2.37. The van der Waals surface area contributed by atoms with Crippen molar-refractivity contribution in [1.29, 1.82) is 0 Å². The number of rotatable bonds is 7. The maximum absolute atomic E-state index is 13.6. The summed E-state index contributed by atoms with van der Waals surface area (Å²) in [5.74, 6) is -0.318. The average Bonchev–Trinajstić information content (AvgIpc) is 3.12. The summed E-state index contributed by atoms with van der Waals surface area (Å²) in [6.45, 7) is 4.59. The highest BCUT2D eigenvalue weighted by molar-refractivity contribution is 7.89. The van der Waals surface area contributed by atoms with Gasteiger partial charge in [-0.05, 0) is 42.7 Å². The molecule has 1 aliphatic heterocycles. The van der Waals surface area contributed by atoms with Crippen LogP contribution < -0.4 is 0 Å². The minimum absolute atomic E-state index is 0.115. The van der Waals surface area contributed by atoms with E-state index < -0.39 is 22.2 Å². The molecule has 0 unspecified atom stereocenters.